The highest BCUT2D eigenvalue weighted by molar-refractivity contribution is 7.98. The van der Waals surface area contributed by atoms with Crippen LogP contribution in [-0.4, -0.2) is 77.2 Å². The minimum absolute atomic E-state index is 0.397. The number of nitrogens with one attached hydrogen (secondary N) is 1. The van der Waals surface area contributed by atoms with Crippen molar-refractivity contribution < 1.29 is 33.8 Å². The van der Waals surface area contributed by atoms with Crippen molar-refractivity contribution in [3.8, 4) is 0 Å². The lowest BCUT2D eigenvalue weighted by Crippen LogP contribution is -2.33. The number of ether oxygens (including phenoxy) is 1. The third-order valence-electron chi connectivity index (χ3n) is 4.62. The summed E-state index contributed by atoms with van der Waals surface area (Å²) in [4.78, 5) is 31.0. The summed E-state index contributed by atoms with van der Waals surface area (Å²) in [5.74, 6) is 1.07. The van der Waals surface area contributed by atoms with E-state index in [9.17, 15) is 14.8 Å². The number of phosphoric acid groups is 1. The van der Waals surface area contributed by atoms with E-state index in [0.717, 1.165) is 6.42 Å². The summed E-state index contributed by atoms with van der Waals surface area (Å²) < 4.78 is 22.4. The lowest BCUT2D eigenvalue weighted by Gasteiger charge is -2.17. The fourth-order valence-electron chi connectivity index (χ4n) is 3.04. The van der Waals surface area contributed by atoms with Gasteiger partial charge >= 0.3 is 7.82 Å². The Kier molecular flexibility index (Phi) is 7.36. The molecular formula is C16H26N5O7PS. The van der Waals surface area contributed by atoms with E-state index in [0.29, 0.717) is 34.6 Å². The van der Waals surface area contributed by atoms with Crippen LogP contribution in [0.3, 0.4) is 0 Å². The Hall–Kier alpha value is -1.31. The Balaban J connectivity index is 1.87. The van der Waals surface area contributed by atoms with Crippen LogP contribution >= 0.6 is 19.6 Å². The molecule has 4 atom stereocenters. The zero-order chi connectivity index (χ0) is 22.1. The molecule has 0 amide bonds. The van der Waals surface area contributed by atoms with E-state index in [2.05, 4.69) is 38.6 Å². The second-order valence-electron chi connectivity index (χ2n) is 7.32. The number of rotatable bonds is 9. The van der Waals surface area contributed by atoms with Gasteiger partial charge in [-0.05, 0) is 18.6 Å². The van der Waals surface area contributed by atoms with Crippen LogP contribution in [-0.2, 0) is 13.8 Å². The van der Waals surface area contributed by atoms with Crippen LogP contribution < -0.4 is 5.32 Å². The Morgan fingerprint density at radius 3 is 2.70 bits per heavy atom. The Labute approximate surface area is 177 Å². The van der Waals surface area contributed by atoms with Crippen molar-refractivity contribution in [3.05, 3.63) is 6.33 Å². The quantitative estimate of drug-likeness (QED) is 0.201. The van der Waals surface area contributed by atoms with Crippen LogP contribution in [0.1, 0.15) is 26.5 Å². The van der Waals surface area contributed by atoms with Gasteiger partial charge in [0.15, 0.2) is 28.4 Å². The van der Waals surface area contributed by atoms with Crippen molar-refractivity contribution in [2.24, 2.45) is 5.92 Å². The molecule has 1 aliphatic heterocycles. The molecule has 5 N–H and O–H groups in total. The lowest BCUT2D eigenvalue weighted by atomic mass is 10.1. The second-order valence-corrected chi connectivity index (χ2v) is 9.34. The van der Waals surface area contributed by atoms with E-state index in [1.807, 2.05) is 6.26 Å². The first-order chi connectivity index (χ1) is 14.1. The molecule has 2 aromatic heterocycles. The molecule has 2 aromatic rings. The van der Waals surface area contributed by atoms with Gasteiger partial charge in [-0.25, -0.2) is 19.5 Å². The topological polar surface area (TPSA) is 172 Å². The number of nitrogens with zero attached hydrogens (tertiary/aromatic N) is 4. The van der Waals surface area contributed by atoms with Gasteiger partial charge in [0, 0.05) is 6.54 Å². The average molecular weight is 463 g/mol. The molecule has 168 valence electrons. The molecule has 14 heteroatoms. The third-order valence-corrected chi connectivity index (χ3v) is 5.65. The first kappa shape index (κ1) is 23.4. The molecular weight excluding hydrogens is 437 g/mol. The van der Waals surface area contributed by atoms with Crippen LogP contribution in [0.4, 0.5) is 5.82 Å². The molecule has 1 saturated heterocycles. The molecule has 12 nitrogen and oxygen atoms in total. The van der Waals surface area contributed by atoms with Crippen molar-refractivity contribution in [1.82, 2.24) is 19.5 Å². The zero-order valence-corrected chi connectivity index (χ0v) is 18.5. The molecule has 3 rings (SSSR count). The molecule has 1 aliphatic rings. The molecule has 0 bridgehead atoms. The number of aliphatic hydroxyl groups is 2. The van der Waals surface area contributed by atoms with Crippen LogP contribution in [0.5, 0.6) is 0 Å². The maximum Gasteiger partial charge on any atom is 0.469 e. The Bertz CT molecular complexity index is 923. The van der Waals surface area contributed by atoms with Crippen LogP contribution in [0.2, 0.25) is 0 Å². The number of aromatic nitrogens is 4. The Morgan fingerprint density at radius 2 is 2.07 bits per heavy atom. The summed E-state index contributed by atoms with van der Waals surface area (Å²) in [7, 11) is -4.74. The second kappa shape index (κ2) is 9.45. The van der Waals surface area contributed by atoms with Gasteiger partial charge in [-0.2, -0.15) is 0 Å². The summed E-state index contributed by atoms with van der Waals surface area (Å²) >= 11 is 1.34. The van der Waals surface area contributed by atoms with E-state index in [4.69, 9.17) is 14.5 Å². The highest BCUT2D eigenvalue weighted by atomic mass is 32.2. The number of hydrogen-bond acceptors (Lipinski definition) is 10. The fourth-order valence-corrected chi connectivity index (χ4v) is 3.75. The predicted molar refractivity (Wildman–Crippen MR) is 109 cm³/mol. The summed E-state index contributed by atoms with van der Waals surface area (Å²) in [6.07, 6.45) is -0.797. The maximum atomic E-state index is 10.9. The maximum absolute atomic E-state index is 10.9. The number of hydrogen-bond donors (Lipinski definition) is 5. The summed E-state index contributed by atoms with van der Waals surface area (Å²) in [5, 5.41) is 24.4. The number of thioether (sulfide) groups is 1. The van der Waals surface area contributed by atoms with Crippen molar-refractivity contribution >= 4 is 36.6 Å². The molecule has 0 aromatic carbocycles. The number of anilines is 1. The van der Waals surface area contributed by atoms with E-state index in [1.165, 1.54) is 22.7 Å². The van der Waals surface area contributed by atoms with E-state index < -0.39 is 39.0 Å². The molecule has 1 fully saturated rings. The summed E-state index contributed by atoms with van der Waals surface area (Å²) in [5.41, 5.74) is 0.881. The van der Waals surface area contributed by atoms with Crippen molar-refractivity contribution in [3.63, 3.8) is 0 Å². The molecule has 0 radical (unpaired) electrons. The van der Waals surface area contributed by atoms with Gasteiger partial charge in [-0.15, -0.1) is 0 Å². The summed E-state index contributed by atoms with van der Waals surface area (Å²) in [6.45, 7) is 4.36. The van der Waals surface area contributed by atoms with Gasteiger partial charge in [0.2, 0.25) is 0 Å². The van der Waals surface area contributed by atoms with Gasteiger partial charge in [0.05, 0.1) is 12.9 Å². The average Bonchev–Trinajstić information content (AvgIpc) is 3.21. The third kappa shape index (κ3) is 5.29. The van der Waals surface area contributed by atoms with Gasteiger partial charge in [-0.3, -0.25) is 9.09 Å². The highest BCUT2D eigenvalue weighted by Gasteiger charge is 2.45. The fraction of sp³-hybridized carbons (Fsp3) is 0.688. The summed E-state index contributed by atoms with van der Waals surface area (Å²) in [6, 6.07) is 0. The largest absolute Gasteiger partial charge is 0.469 e. The van der Waals surface area contributed by atoms with E-state index in [1.54, 1.807) is 0 Å². The number of fused-ring (bicyclic) bond motifs is 1. The minimum atomic E-state index is -4.74. The van der Waals surface area contributed by atoms with Crippen LogP contribution in [0.15, 0.2) is 11.5 Å². The molecule has 0 saturated carbocycles. The smallest absolute Gasteiger partial charge is 0.387 e. The molecule has 0 aliphatic carbocycles. The van der Waals surface area contributed by atoms with Crippen molar-refractivity contribution in [2.75, 3.05) is 24.7 Å². The number of aliphatic hydroxyl groups excluding tert-OH is 2. The first-order valence-electron chi connectivity index (χ1n) is 9.34. The minimum Gasteiger partial charge on any atom is -0.387 e. The van der Waals surface area contributed by atoms with Crippen molar-refractivity contribution in [1.29, 1.82) is 0 Å². The van der Waals surface area contributed by atoms with Gasteiger partial charge in [0.1, 0.15) is 18.3 Å². The molecule has 30 heavy (non-hydrogen) atoms. The predicted octanol–water partition coefficient (Wildman–Crippen LogP) is 0.735. The molecule has 3 heterocycles. The van der Waals surface area contributed by atoms with Gasteiger partial charge in [0.25, 0.3) is 0 Å². The van der Waals surface area contributed by atoms with E-state index in [-0.39, 0.29) is 0 Å². The monoisotopic (exact) mass is 463 g/mol. The van der Waals surface area contributed by atoms with Crippen molar-refractivity contribution in [2.45, 2.75) is 50.0 Å². The normalized spacial score (nSPS) is 24.8. The van der Waals surface area contributed by atoms with Crippen LogP contribution in [0.25, 0.3) is 11.2 Å². The lowest BCUT2D eigenvalue weighted by molar-refractivity contribution is -0.0504. The van der Waals surface area contributed by atoms with E-state index >= 15 is 0 Å². The van der Waals surface area contributed by atoms with Gasteiger partial charge < -0.3 is 30.1 Å². The number of imidazole rings is 1. The molecule has 4 unspecified atom stereocenters. The highest BCUT2D eigenvalue weighted by Crippen LogP contribution is 2.39. The SMILES string of the molecule is CSc1nc(NCCC(C)C)c2ncn(C3OC(COP(=O)(O)O)C(O)C3O)c2n1. The first-order valence-corrected chi connectivity index (χ1v) is 12.1. The van der Waals surface area contributed by atoms with Crippen LogP contribution in [0, 0.1) is 5.92 Å². The number of phosphoric ester groups is 1. The zero-order valence-electron chi connectivity index (χ0n) is 16.7. The Morgan fingerprint density at radius 1 is 1.33 bits per heavy atom. The standard InChI is InChI=1S/C16H26N5O7PS/c1-8(2)4-5-17-13-10-14(20-16(19-13)30-3)21(7-18-10)15-12(23)11(22)9(28-15)6-27-29(24,25)26/h7-9,11-12,15,22-23H,4-6H2,1-3H3,(H,17,19,20)(H2,24,25,26). The van der Waals surface area contributed by atoms with Gasteiger partial charge in [-0.1, -0.05) is 25.6 Å². The molecule has 0 spiro atoms.